The number of hydrogen-bond acceptors (Lipinski definition) is 11. The van der Waals surface area contributed by atoms with Crippen molar-refractivity contribution in [2.24, 2.45) is 0 Å². The van der Waals surface area contributed by atoms with Crippen molar-refractivity contribution >= 4 is 16.4 Å². The number of rotatable bonds is 28. The van der Waals surface area contributed by atoms with Crippen molar-refractivity contribution in [3.63, 3.8) is 0 Å². The van der Waals surface area contributed by atoms with E-state index in [-0.39, 0.29) is 19.6 Å². The smallest absolute Gasteiger partial charge is 0.397 e. The van der Waals surface area contributed by atoms with Gasteiger partial charge in [0.15, 0.2) is 6.29 Å². The molecule has 1 heterocycles. The van der Waals surface area contributed by atoms with Crippen LogP contribution in [0.3, 0.4) is 0 Å². The Morgan fingerprint density at radius 1 is 0.773 bits per heavy atom. The minimum Gasteiger partial charge on any atom is -0.457 e. The van der Waals surface area contributed by atoms with Gasteiger partial charge in [-0.25, -0.2) is 4.18 Å². The Morgan fingerprint density at radius 3 is 1.82 bits per heavy atom. The Balaban J connectivity index is 2.59. The number of esters is 1. The third-order valence-corrected chi connectivity index (χ3v) is 8.19. The van der Waals surface area contributed by atoms with E-state index in [0.717, 1.165) is 38.5 Å². The summed E-state index contributed by atoms with van der Waals surface area (Å²) in [6, 6.07) is 0. The van der Waals surface area contributed by atoms with E-state index in [0.29, 0.717) is 13.0 Å². The highest BCUT2D eigenvalue weighted by atomic mass is 32.3. The molecule has 0 amide bonds. The second kappa shape index (κ2) is 25.2. The van der Waals surface area contributed by atoms with Crippen LogP contribution < -0.4 is 0 Å². The molecule has 0 aromatic heterocycles. The molecule has 4 N–H and O–H groups in total. The molecule has 13 heteroatoms. The van der Waals surface area contributed by atoms with Gasteiger partial charge in [0.25, 0.3) is 0 Å². The molecule has 12 nitrogen and oxygen atoms in total. The summed E-state index contributed by atoms with van der Waals surface area (Å²) in [7, 11) is -5.04. The zero-order valence-corrected chi connectivity index (χ0v) is 27.8. The number of carbonyl (C=O) groups is 1. The Bertz CT molecular complexity index is 811. The first-order chi connectivity index (χ1) is 21.1. The van der Waals surface area contributed by atoms with Crippen LogP contribution in [0, 0.1) is 0 Å². The van der Waals surface area contributed by atoms with E-state index in [4.69, 9.17) is 23.5 Å². The number of carbonyl (C=O) groups excluding carboxylic acids is 1. The number of aliphatic hydroxyl groups excluding tert-OH is 3. The van der Waals surface area contributed by atoms with E-state index in [2.05, 4.69) is 18.0 Å². The van der Waals surface area contributed by atoms with E-state index < -0.39 is 59.8 Å². The van der Waals surface area contributed by atoms with Crippen LogP contribution in [0.1, 0.15) is 129 Å². The van der Waals surface area contributed by atoms with Crippen LogP contribution in [0.4, 0.5) is 0 Å². The van der Waals surface area contributed by atoms with Crippen LogP contribution in [0.5, 0.6) is 0 Å². The predicted octanol–water partition coefficient (Wildman–Crippen LogP) is 4.62. The Hall–Kier alpha value is -0.900. The third-order valence-electron chi connectivity index (χ3n) is 7.73. The van der Waals surface area contributed by atoms with Gasteiger partial charge in [-0.15, -0.1) is 0 Å². The monoisotopic (exact) mass is 656 g/mol. The van der Waals surface area contributed by atoms with Gasteiger partial charge in [0, 0.05) is 13.0 Å². The molecule has 0 aliphatic carbocycles. The number of unbranched alkanes of at least 4 members (excludes halogenated alkanes) is 15. The molecule has 1 saturated heterocycles. The van der Waals surface area contributed by atoms with E-state index in [1.807, 2.05) is 0 Å². The van der Waals surface area contributed by atoms with Crippen LogP contribution in [0.25, 0.3) is 0 Å². The molecule has 1 aliphatic rings. The van der Waals surface area contributed by atoms with Gasteiger partial charge < -0.3 is 34.3 Å². The van der Waals surface area contributed by atoms with Gasteiger partial charge in [0.2, 0.25) is 0 Å². The molecule has 1 aliphatic heterocycles. The van der Waals surface area contributed by atoms with Crippen LogP contribution >= 0.6 is 0 Å². The fourth-order valence-electron chi connectivity index (χ4n) is 5.14. The summed E-state index contributed by atoms with van der Waals surface area (Å²) in [6.45, 7) is 3.90. The topological polar surface area (TPSA) is 178 Å². The van der Waals surface area contributed by atoms with Crippen molar-refractivity contribution in [1.29, 1.82) is 0 Å². The highest BCUT2D eigenvalue weighted by molar-refractivity contribution is 7.80. The maximum Gasteiger partial charge on any atom is 0.397 e. The van der Waals surface area contributed by atoms with E-state index >= 15 is 0 Å². The van der Waals surface area contributed by atoms with E-state index in [9.17, 15) is 28.5 Å². The molecule has 0 spiro atoms. The summed E-state index contributed by atoms with van der Waals surface area (Å²) >= 11 is 0. The maximum absolute atomic E-state index is 12.6. The molecule has 6 atom stereocenters. The number of ether oxygens (including phenoxy) is 4. The summed E-state index contributed by atoms with van der Waals surface area (Å²) in [5, 5.41) is 30.3. The van der Waals surface area contributed by atoms with Crippen molar-refractivity contribution in [3.05, 3.63) is 0 Å². The Morgan fingerprint density at radius 2 is 1.30 bits per heavy atom. The quantitative estimate of drug-likeness (QED) is 0.0523. The van der Waals surface area contributed by atoms with Crippen molar-refractivity contribution in [1.82, 2.24) is 0 Å². The van der Waals surface area contributed by atoms with Crippen LogP contribution in [-0.4, -0.2) is 97.5 Å². The second-order valence-electron chi connectivity index (χ2n) is 11.8. The van der Waals surface area contributed by atoms with Gasteiger partial charge in [-0.1, -0.05) is 110 Å². The first kappa shape index (κ1) is 41.1. The molecule has 0 radical (unpaired) electrons. The lowest BCUT2D eigenvalue weighted by Gasteiger charge is -2.41. The van der Waals surface area contributed by atoms with Gasteiger partial charge >= 0.3 is 16.4 Å². The third kappa shape index (κ3) is 19.6. The minimum absolute atomic E-state index is 0.0417. The minimum atomic E-state index is -5.04. The highest BCUT2D eigenvalue weighted by Gasteiger charge is 2.48. The zero-order chi connectivity index (χ0) is 32.6. The van der Waals surface area contributed by atoms with Gasteiger partial charge in [-0.3, -0.25) is 9.35 Å². The Kier molecular flexibility index (Phi) is 23.6. The van der Waals surface area contributed by atoms with E-state index in [1.54, 1.807) is 0 Å². The van der Waals surface area contributed by atoms with Crippen molar-refractivity contribution in [2.45, 2.75) is 166 Å². The molecule has 0 saturated carbocycles. The summed E-state index contributed by atoms with van der Waals surface area (Å²) in [4.78, 5) is 12.6. The van der Waals surface area contributed by atoms with E-state index in [1.165, 1.54) is 64.2 Å². The lowest BCUT2D eigenvalue weighted by atomic mass is 9.99. The summed E-state index contributed by atoms with van der Waals surface area (Å²) in [5.41, 5.74) is 0. The SMILES string of the molecule is CCCCCCCCCCCOCC(COC1OC(CO)C(O)C(OS(=O)(=O)O)C1O)OC(=O)CCCCCCCCCC. The lowest BCUT2D eigenvalue weighted by Crippen LogP contribution is -2.60. The fraction of sp³-hybridized carbons (Fsp3) is 0.968. The van der Waals surface area contributed by atoms with Crippen LogP contribution in [0.2, 0.25) is 0 Å². The number of hydrogen-bond donors (Lipinski definition) is 4. The lowest BCUT2D eigenvalue weighted by molar-refractivity contribution is -0.301. The van der Waals surface area contributed by atoms with Crippen molar-refractivity contribution in [3.8, 4) is 0 Å². The average molecular weight is 657 g/mol. The largest absolute Gasteiger partial charge is 0.457 e. The first-order valence-corrected chi connectivity index (χ1v) is 18.2. The van der Waals surface area contributed by atoms with Crippen LogP contribution in [0.15, 0.2) is 0 Å². The molecule has 6 unspecified atom stereocenters. The molecular formula is C31H60O12S. The average Bonchev–Trinajstić information content (AvgIpc) is 2.98. The van der Waals surface area contributed by atoms with Gasteiger partial charge in [0.05, 0.1) is 19.8 Å². The zero-order valence-electron chi connectivity index (χ0n) is 27.0. The molecule has 44 heavy (non-hydrogen) atoms. The van der Waals surface area contributed by atoms with Gasteiger partial charge in [0.1, 0.15) is 30.5 Å². The van der Waals surface area contributed by atoms with Crippen LogP contribution in [-0.2, 0) is 38.3 Å². The fourth-order valence-corrected chi connectivity index (χ4v) is 5.65. The Labute approximate surface area is 265 Å². The van der Waals surface area contributed by atoms with Crippen molar-refractivity contribution in [2.75, 3.05) is 26.4 Å². The number of aliphatic hydroxyl groups is 3. The molecule has 1 rings (SSSR count). The standard InChI is InChI=1S/C31H60O12S/c1-3-5-7-9-11-13-15-17-19-21-39-23-25(41-27(33)20-18-16-14-12-10-8-6-4-2)24-40-31-29(35)30(43-44(36,37)38)28(34)26(22-32)42-31/h25-26,28-32,34-35H,3-24H2,1-2H3,(H,36,37,38). The molecular weight excluding hydrogens is 596 g/mol. The molecule has 0 aromatic carbocycles. The second-order valence-corrected chi connectivity index (χ2v) is 12.8. The van der Waals surface area contributed by atoms with Gasteiger partial charge in [-0.05, 0) is 12.8 Å². The molecule has 0 aromatic rings. The normalized spacial score (nSPS) is 23.1. The molecule has 262 valence electrons. The molecule has 1 fully saturated rings. The summed E-state index contributed by atoms with van der Waals surface area (Å²) < 4.78 is 58.4. The maximum atomic E-state index is 12.6. The highest BCUT2D eigenvalue weighted by Crippen LogP contribution is 2.26. The van der Waals surface area contributed by atoms with Crippen molar-refractivity contribution < 1.29 is 56.2 Å². The summed E-state index contributed by atoms with van der Waals surface area (Å²) in [6.07, 6.45) is 10.3. The molecule has 0 bridgehead atoms. The first-order valence-electron chi connectivity index (χ1n) is 16.8. The summed E-state index contributed by atoms with van der Waals surface area (Å²) in [5.74, 6) is -0.405. The van der Waals surface area contributed by atoms with Gasteiger partial charge in [-0.2, -0.15) is 8.42 Å². The predicted molar refractivity (Wildman–Crippen MR) is 165 cm³/mol.